The second-order valence-electron chi connectivity index (χ2n) is 21.3. The van der Waals surface area contributed by atoms with E-state index in [1.54, 1.807) is 25.7 Å². The van der Waals surface area contributed by atoms with Gasteiger partial charge in [-0.05, 0) is 125 Å². The summed E-state index contributed by atoms with van der Waals surface area (Å²) in [6, 6.07) is 0. The van der Waals surface area contributed by atoms with Crippen LogP contribution in [0.2, 0.25) is 0 Å². The number of carboxylic acid groups (broad SMARTS) is 1. The van der Waals surface area contributed by atoms with Crippen molar-refractivity contribution in [2.75, 3.05) is 33.7 Å². The van der Waals surface area contributed by atoms with Crippen LogP contribution in [0, 0.1) is 63.1 Å². The van der Waals surface area contributed by atoms with Crippen molar-refractivity contribution in [1.82, 2.24) is 20.0 Å². The van der Waals surface area contributed by atoms with Crippen LogP contribution >= 0.6 is 0 Å². The number of ketones is 1. The molecule has 12 nitrogen and oxygen atoms in total. The number of rotatable bonds is 12. The van der Waals surface area contributed by atoms with Crippen LogP contribution in [0.3, 0.4) is 0 Å². The van der Waals surface area contributed by atoms with Gasteiger partial charge in [0.15, 0.2) is 5.78 Å². The Morgan fingerprint density at radius 2 is 1.61 bits per heavy atom. The van der Waals surface area contributed by atoms with E-state index >= 15 is 0 Å². The lowest BCUT2D eigenvalue weighted by atomic mass is 9.33. The normalized spacial score (nSPS) is 35.3. The summed E-state index contributed by atoms with van der Waals surface area (Å²) in [7, 11) is 3.89. The number of hydrogen-bond donors (Lipinski definition) is 2. The zero-order chi connectivity index (χ0) is 42.3. The van der Waals surface area contributed by atoms with Gasteiger partial charge < -0.3 is 29.2 Å². The predicted octanol–water partition coefficient (Wildman–Crippen LogP) is 7.14. The van der Waals surface area contributed by atoms with Crippen molar-refractivity contribution in [1.29, 1.82) is 0 Å². The Hall–Kier alpha value is -3.12. The highest BCUT2D eigenvalue weighted by atomic mass is 16.5. The quantitative estimate of drug-likeness (QED) is 0.207. The molecular weight excluding hydrogens is 725 g/mol. The maximum absolute atomic E-state index is 14.3. The highest BCUT2D eigenvalue weighted by Gasteiger charge is 2.71. The van der Waals surface area contributed by atoms with Crippen molar-refractivity contribution in [2.24, 2.45) is 56.2 Å². The standard InChI is InChI=1S/C45H70N4O8/c1-26(2)35-29(50)23-45(32(51)25-49(22-21-48(11)12)38(53)37-47-46-27(3)56-37)20-19-43(9)28(36(35)45)13-14-31-42(8)17-16-33(57-34(52)24-40(4,5)39(54)55)41(6,7)30(42)15-18-44(31,43)10/h26,28,30-33,51H,13-25H2,1-12H3,(H,54,55). The topological polar surface area (TPSA) is 163 Å². The minimum atomic E-state index is -1.19. The molecule has 5 aliphatic carbocycles. The zero-order valence-electron chi connectivity index (χ0n) is 36.8. The molecule has 4 saturated carbocycles. The number of carboxylic acids is 1. The number of carbonyl (C=O) groups is 4. The van der Waals surface area contributed by atoms with E-state index < -0.39 is 34.8 Å². The summed E-state index contributed by atoms with van der Waals surface area (Å²) >= 11 is 0. The van der Waals surface area contributed by atoms with E-state index in [1.807, 2.05) is 19.0 Å². The van der Waals surface area contributed by atoms with E-state index in [-0.39, 0.29) is 70.7 Å². The minimum absolute atomic E-state index is 0.00290. The number of amides is 1. The van der Waals surface area contributed by atoms with Gasteiger partial charge in [-0.2, -0.15) is 0 Å². The van der Waals surface area contributed by atoms with Gasteiger partial charge in [0.1, 0.15) is 6.10 Å². The molecule has 318 valence electrons. The Balaban J connectivity index is 1.30. The molecule has 0 spiro atoms. The number of aliphatic hydroxyl groups is 1. The fraction of sp³-hybridized carbons (Fsp3) is 0.822. The average Bonchev–Trinajstić information content (AvgIpc) is 3.68. The maximum atomic E-state index is 14.3. The first-order valence-corrected chi connectivity index (χ1v) is 21.5. The number of fused-ring (bicyclic) bond motifs is 7. The first-order valence-electron chi connectivity index (χ1n) is 21.5. The van der Waals surface area contributed by atoms with E-state index in [1.165, 1.54) is 0 Å². The molecule has 9 unspecified atom stereocenters. The van der Waals surface area contributed by atoms with Crippen LogP contribution in [0.15, 0.2) is 15.6 Å². The van der Waals surface area contributed by atoms with Crippen molar-refractivity contribution in [3.05, 3.63) is 22.9 Å². The molecule has 1 aromatic rings. The Bertz CT molecular complexity index is 1800. The van der Waals surface area contributed by atoms with Gasteiger partial charge >= 0.3 is 23.7 Å². The monoisotopic (exact) mass is 795 g/mol. The Morgan fingerprint density at radius 1 is 0.930 bits per heavy atom. The third-order valence-electron chi connectivity index (χ3n) is 16.7. The summed E-state index contributed by atoms with van der Waals surface area (Å²) in [4.78, 5) is 56.6. The van der Waals surface area contributed by atoms with Gasteiger partial charge in [-0.3, -0.25) is 19.2 Å². The van der Waals surface area contributed by atoms with Crippen LogP contribution in [0.1, 0.15) is 143 Å². The number of hydrogen-bond acceptors (Lipinski definition) is 10. The second kappa shape index (κ2) is 14.9. The summed E-state index contributed by atoms with van der Waals surface area (Å²) in [5, 5.41) is 30.1. The number of carbonyl (C=O) groups excluding carboxylic acids is 3. The lowest BCUT2D eigenvalue weighted by molar-refractivity contribution is -0.235. The number of allylic oxidation sites excluding steroid dienone is 1. The highest BCUT2D eigenvalue weighted by Crippen LogP contribution is 2.77. The molecule has 1 amide bonds. The summed E-state index contributed by atoms with van der Waals surface area (Å²) in [6.07, 6.45) is 6.04. The highest BCUT2D eigenvalue weighted by molar-refractivity contribution is 6.01. The molecule has 0 bridgehead atoms. The van der Waals surface area contributed by atoms with Gasteiger partial charge in [-0.25, -0.2) is 0 Å². The van der Waals surface area contributed by atoms with E-state index in [9.17, 15) is 29.4 Å². The van der Waals surface area contributed by atoms with Gasteiger partial charge in [-0.15, -0.1) is 10.2 Å². The van der Waals surface area contributed by atoms with Gasteiger partial charge in [0.05, 0.1) is 17.9 Å². The van der Waals surface area contributed by atoms with Crippen LogP contribution in [0.25, 0.3) is 0 Å². The molecule has 5 aliphatic rings. The maximum Gasteiger partial charge on any atom is 0.311 e. The van der Waals surface area contributed by atoms with Crippen LogP contribution in [0.5, 0.6) is 0 Å². The third kappa shape index (κ3) is 7.00. The number of aromatic nitrogens is 2. The summed E-state index contributed by atoms with van der Waals surface area (Å²) in [5.74, 6) is -0.663. The van der Waals surface area contributed by atoms with E-state index in [0.717, 1.165) is 56.1 Å². The lowest BCUT2D eigenvalue weighted by Gasteiger charge is -2.72. The van der Waals surface area contributed by atoms with Crippen molar-refractivity contribution >= 4 is 23.6 Å². The van der Waals surface area contributed by atoms with E-state index in [0.29, 0.717) is 37.2 Å². The number of likely N-dealkylation sites (N-methyl/N-ethyl adjacent to an activating group) is 1. The zero-order valence-corrected chi connectivity index (χ0v) is 36.8. The van der Waals surface area contributed by atoms with Crippen LogP contribution in [-0.4, -0.2) is 99.8 Å². The second-order valence-corrected chi connectivity index (χ2v) is 21.3. The number of aliphatic carboxylic acids is 1. The number of esters is 1. The number of aryl methyl sites for hydroxylation is 1. The minimum Gasteiger partial charge on any atom is -0.481 e. The molecule has 6 rings (SSSR count). The van der Waals surface area contributed by atoms with Crippen molar-refractivity contribution in [2.45, 2.75) is 146 Å². The molecule has 0 aromatic carbocycles. The Labute approximate surface area is 339 Å². The molecular formula is C45H70N4O8. The molecule has 1 heterocycles. The molecule has 12 heteroatoms. The molecule has 57 heavy (non-hydrogen) atoms. The van der Waals surface area contributed by atoms with Gasteiger partial charge in [0, 0.05) is 43.8 Å². The molecule has 9 atom stereocenters. The fourth-order valence-electron chi connectivity index (χ4n) is 13.4. The Kier molecular flexibility index (Phi) is 11.3. The van der Waals surface area contributed by atoms with Crippen molar-refractivity contribution in [3.8, 4) is 0 Å². The van der Waals surface area contributed by atoms with Gasteiger partial charge in [-0.1, -0.05) is 54.0 Å². The van der Waals surface area contributed by atoms with Crippen LogP contribution < -0.4 is 0 Å². The van der Waals surface area contributed by atoms with Gasteiger partial charge in [0.2, 0.25) is 5.89 Å². The smallest absolute Gasteiger partial charge is 0.311 e. The average molecular weight is 795 g/mol. The van der Waals surface area contributed by atoms with E-state index in [2.05, 4.69) is 58.7 Å². The molecule has 0 saturated heterocycles. The Morgan fingerprint density at radius 3 is 2.21 bits per heavy atom. The fourth-order valence-corrected chi connectivity index (χ4v) is 13.4. The SMILES string of the molecule is Cc1nnc(C(=O)N(CCN(C)C)CC(O)C23CCC4(C)C(CCC5C6(C)CCC(OC(=O)CC(C)(C)C(=O)O)C(C)(C)C6CCC54C)C2=C(C(C)C)C(=O)C3)o1. The molecule has 1 aromatic heterocycles. The van der Waals surface area contributed by atoms with Crippen molar-refractivity contribution < 1.29 is 38.5 Å². The third-order valence-corrected chi connectivity index (χ3v) is 16.7. The summed E-state index contributed by atoms with van der Waals surface area (Å²) in [5.41, 5.74) is -0.343. The molecule has 0 radical (unpaired) electrons. The number of nitrogens with zero attached hydrogens (tertiary/aromatic N) is 4. The summed E-state index contributed by atoms with van der Waals surface area (Å²) < 4.78 is 11.7. The summed E-state index contributed by atoms with van der Waals surface area (Å²) in [6.45, 7) is 22.0. The number of Topliss-reactive ketones (excluding diaryl/α,β-unsaturated/α-hetero) is 1. The molecule has 4 fully saturated rings. The van der Waals surface area contributed by atoms with Crippen molar-refractivity contribution in [3.63, 3.8) is 0 Å². The number of aliphatic hydroxyl groups excluding tert-OH is 1. The van der Waals surface area contributed by atoms with E-state index in [4.69, 9.17) is 9.15 Å². The first kappa shape index (κ1) is 43.5. The van der Waals surface area contributed by atoms with Crippen LogP contribution in [0.4, 0.5) is 0 Å². The predicted molar refractivity (Wildman–Crippen MR) is 215 cm³/mol. The molecule has 2 N–H and O–H groups in total. The largest absolute Gasteiger partial charge is 0.481 e. The van der Waals surface area contributed by atoms with Gasteiger partial charge in [0.25, 0.3) is 0 Å². The number of ether oxygens (including phenoxy) is 1. The molecule has 0 aliphatic heterocycles. The lowest BCUT2D eigenvalue weighted by Crippen LogP contribution is -2.66. The first-order chi connectivity index (χ1) is 26.4. The van der Waals surface area contributed by atoms with Crippen LogP contribution in [-0.2, 0) is 19.1 Å².